The molecule has 1 aliphatic heterocycles. The van der Waals surface area contributed by atoms with Crippen molar-refractivity contribution in [3.05, 3.63) is 35.4 Å². The van der Waals surface area contributed by atoms with Crippen molar-refractivity contribution in [2.45, 2.75) is 43.6 Å². The highest BCUT2D eigenvalue weighted by molar-refractivity contribution is 5.37. The van der Waals surface area contributed by atoms with Gasteiger partial charge in [-0.1, -0.05) is 24.3 Å². The second-order valence-corrected chi connectivity index (χ2v) is 5.48. The second-order valence-electron chi connectivity index (χ2n) is 5.48. The number of benzene rings is 1. The van der Waals surface area contributed by atoms with Crippen LogP contribution in [0.2, 0.25) is 0 Å². The Labute approximate surface area is 103 Å². The zero-order valence-electron chi connectivity index (χ0n) is 10.3. The lowest BCUT2D eigenvalue weighted by molar-refractivity contribution is 0.0845. The standard InChI is InChI=1S/C15H21NO/c16-15(8-3-9-15)14-5-2-1-4-13(14)12-6-10-17-11-7-12/h1-2,4-5,12H,3,6-11,16H2. The fourth-order valence-electron chi connectivity index (χ4n) is 3.14. The predicted molar refractivity (Wildman–Crippen MR) is 69.0 cm³/mol. The third-order valence-corrected chi connectivity index (χ3v) is 4.40. The number of rotatable bonds is 2. The molecule has 0 bridgehead atoms. The van der Waals surface area contributed by atoms with Crippen LogP contribution in [0.25, 0.3) is 0 Å². The lowest BCUT2D eigenvalue weighted by atomic mass is 9.69. The number of hydrogen-bond acceptors (Lipinski definition) is 2. The molecule has 1 aromatic carbocycles. The summed E-state index contributed by atoms with van der Waals surface area (Å²) in [4.78, 5) is 0. The zero-order valence-corrected chi connectivity index (χ0v) is 10.3. The summed E-state index contributed by atoms with van der Waals surface area (Å²) < 4.78 is 5.46. The van der Waals surface area contributed by atoms with Crippen LogP contribution in [0.3, 0.4) is 0 Å². The number of hydrogen-bond donors (Lipinski definition) is 1. The van der Waals surface area contributed by atoms with E-state index in [2.05, 4.69) is 24.3 Å². The van der Waals surface area contributed by atoms with Crippen molar-refractivity contribution in [1.29, 1.82) is 0 Å². The molecule has 1 heterocycles. The molecule has 0 atom stereocenters. The largest absolute Gasteiger partial charge is 0.381 e. The molecule has 1 aliphatic carbocycles. The molecule has 1 saturated carbocycles. The van der Waals surface area contributed by atoms with Crippen molar-refractivity contribution in [2.24, 2.45) is 5.73 Å². The van der Waals surface area contributed by atoms with Gasteiger partial charge in [-0.05, 0) is 49.1 Å². The van der Waals surface area contributed by atoms with Crippen LogP contribution in [0.1, 0.15) is 49.1 Å². The first-order chi connectivity index (χ1) is 8.30. The summed E-state index contributed by atoms with van der Waals surface area (Å²) in [5, 5.41) is 0. The predicted octanol–water partition coefficient (Wildman–Crippen LogP) is 2.92. The average Bonchev–Trinajstić information content (AvgIpc) is 2.37. The van der Waals surface area contributed by atoms with Gasteiger partial charge in [-0.15, -0.1) is 0 Å². The zero-order chi connectivity index (χ0) is 11.7. The Morgan fingerprint density at radius 1 is 1.12 bits per heavy atom. The Bertz CT molecular complexity index is 392. The molecule has 3 rings (SSSR count). The van der Waals surface area contributed by atoms with E-state index in [1.165, 1.54) is 17.5 Å². The normalized spacial score (nSPS) is 24.3. The van der Waals surface area contributed by atoms with E-state index < -0.39 is 0 Å². The average molecular weight is 231 g/mol. The molecule has 0 amide bonds. The van der Waals surface area contributed by atoms with E-state index in [1.54, 1.807) is 0 Å². The smallest absolute Gasteiger partial charge is 0.0471 e. The molecule has 2 heteroatoms. The fraction of sp³-hybridized carbons (Fsp3) is 0.600. The van der Waals surface area contributed by atoms with Gasteiger partial charge in [-0.3, -0.25) is 0 Å². The van der Waals surface area contributed by atoms with Gasteiger partial charge in [0.1, 0.15) is 0 Å². The van der Waals surface area contributed by atoms with E-state index in [0.717, 1.165) is 38.9 Å². The molecule has 2 aliphatic rings. The van der Waals surface area contributed by atoms with Crippen LogP contribution in [0.4, 0.5) is 0 Å². The molecule has 2 fully saturated rings. The summed E-state index contributed by atoms with van der Waals surface area (Å²) >= 11 is 0. The highest BCUT2D eigenvalue weighted by Gasteiger charge is 2.37. The molecular formula is C15H21NO. The van der Waals surface area contributed by atoms with Crippen molar-refractivity contribution < 1.29 is 4.74 Å². The SMILES string of the molecule is NC1(c2ccccc2C2CCOCC2)CCC1. The third-order valence-electron chi connectivity index (χ3n) is 4.40. The fourth-order valence-corrected chi connectivity index (χ4v) is 3.14. The monoisotopic (exact) mass is 231 g/mol. The highest BCUT2D eigenvalue weighted by Crippen LogP contribution is 2.43. The van der Waals surface area contributed by atoms with E-state index >= 15 is 0 Å². The lowest BCUT2D eigenvalue weighted by Gasteiger charge is -2.41. The summed E-state index contributed by atoms with van der Waals surface area (Å²) in [5.41, 5.74) is 9.35. The van der Waals surface area contributed by atoms with E-state index in [0.29, 0.717) is 5.92 Å². The molecular weight excluding hydrogens is 210 g/mol. The van der Waals surface area contributed by atoms with Crippen LogP contribution in [-0.4, -0.2) is 13.2 Å². The van der Waals surface area contributed by atoms with Gasteiger partial charge in [0.05, 0.1) is 0 Å². The quantitative estimate of drug-likeness (QED) is 0.849. The van der Waals surface area contributed by atoms with Crippen LogP contribution in [0, 0.1) is 0 Å². The van der Waals surface area contributed by atoms with Gasteiger partial charge in [-0.25, -0.2) is 0 Å². The van der Waals surface area contributed by atoms with Gasteiger partial charge in [0.25, 0.3) is 0 Å². The van der Waals surface area contributed by atoms with Gasteiger partial charge in [0.15, 0.2) is 0 Å². The molecule has 0 spiro atoms. The minimum atomic E-state index is -0.0328. The molecule has 0 radical (unpaired) electrons. The Balaban J connectivity index is 1.92. The van der Waals surface area contributed by atoms with Gasteiger partial charge in [0, 0.05) is 18.8 Å². The summed E-state index contributed by atoms with van der Waals surface area (Å²) in [6, 6.07) is 8.80. The lowest BCUT2D eigenvalue weighted by Crippen LogP contribution is -2.44. The molecule has 1 aromatic rings. The van der Waals surface area contributed by atoms with Crippen molar-refractivity contribution in [1.82, 2.24) is 0 Å². The highest BCUT2D eigenvalue weighted by atomic mass is 16.5. The van der Waals surface area contributed by atoms with E-state index in [4.69, 9.17) is 10.5 Å². The Morgan fingerprint density at radius 3 is 2.47 bits per heavy atom. The maximum atomic E-state index is 6.50. The number of nitrogens with two attached hydrogens (primary N) is 1. The first kappa shape index (κ1) is 11.2. The summed E-state index contributed by atoms with van der Waals surface area (Å²) in [7, 11) is 0. The maximum Gasteiger partial charge on any atom is 0.0471 e. The van der Waals surface area contributed by atoms with E-state index in [9.17, 15) is 0 Å². The summed E-state index contributed by atoms with van der Waals surface area (Å²) in [6.45, 7) is 1.80. The van der Waals surface area contributed by atoms with Crippen molar-refractivity contribution in [3.8, 4) is 0 Å². The topological polar surface area (TPSA) is 35.2 Å². The van der Waals surface area contributed by atoms with Crippen LogP contribution in [0.15, 0.2) is 24.3 Å². The molecule has 2 N–H and O–H groups in total. The van der Waals surface area contributed by atoms with Gasteiger partial charge < -0.3 is 10.5 Å². The van der Waals surface area contributed by atoms with Crippen molar-refractivity contribution in [2.75, 3.05) is 13.2 Å². The van der Waals surface area contributed by atoms with Gasteiger partial charge in [-0.2, -0.15) is 0 Å². The Morgan fingerprint density at radius 2 is 1.82 bits per heavy atom. The second kappa shape index (κ2) is 4.43. The van der Waals surface area contributed by atoms with Crippen LogP contribution >= 0.6 is 0 Å². The summed E-state index contributed by atoms with van der Waals surface area (Å²) in [5.74, 6) is 0.654. The molecule has 92 valence electrons. The van der Waals surface area contributed by atoms with E-state index in [-0.39, 0.29) is 5.54 Å². The van der Waals surface area contributed by atoms with Crippen LogP contribution in [-0.2, 0) is 10.3 Å². The molecule has 1 saturated heterocycles. The summed E-state index contributed by atoms with van der Waals surface area (Å²) in [6.07, 6.45) is 5.86. The first-order valence-electron chi connectivity index (χ1n) is 6.76. The van der Waals surface area contributed by atoms with E-state index in [1.807, 2.05) is 0 Å². The molecule has 0 aromatic heterocycles. The Hall–Kier alpha value is -0.860. The van der Waals surface area contributed by atoms with Crippen molar-refractivity contribution >= 4 is 0 Å². The van der Waals surface area contributed by atoms with Crippen molar-refractivity contribution in [3.63, 3.8) is 0 Å². The van der Waals surface area contributed by atoms with Crippen LogP contribution in [0.5, 0.6) is 0 Å². The van der Waals surface area contributed by atoms with Gasteiger partial charge >= 0.3 is 0 Å². The van der Waals surface area contributed by atoms with Crippen LogP contribution < -0.4 is 5.73 Å². The molecule has 0 unspecified atom stereocenters. The number of ether oxygens (including phenoxy) is 1. The molecule has 17 heavy (non-hydrogen) atoms. The molecule has 2 nitrogen and oxygen atoms in total. The minimum absolute atomic E-state index is 0.0328. The Kier molecular flexibility index (Phi) is 2.93. The van der Waals surface area contributed by atoms with Gasteiger partial charge in [0.2, 0.25) is 0 Å². The maximum absolute atomic E-state index is 6.50. The minimum Gasteiger partial charge on any atom is -0.381 e. The first-order valence-corrected chi connectivity index (χ1v) is 6.76. The third kappa shape index (κ3) is 2.00.